The zero-order chi connectivity index (χ0) is 93.2. The second-order valence-corrected chi connectivity index (χ2v) is 34.4. The highest BCUT2D eigenvalue weighted by atomic mass is 16.5. The summed E-state index contributed by atoms with van der Waals surface area (Å²) in [7, 11) is 16.0. The first-order valence-electron chi connectivity index (χ1n) is 42.2. The zero-order valence-corrected chi connectivity index (χ0v) is 77.6. The van der Waals surface area contributed by atoms with Crippen molar-refractivity contribution in [2.75, 3.05) is 85.3 Å². The summed E-state index contributed by atoms with van der Waals surface area (Å²) in [5.74, 6) is -15.8. The van der Waals surface area contributed by atoms with Crippen molar-refractivity contribution in [3.63, 3.8) is 0 Å². The van der Waals surface area contributed by atoms with Gasteiger partial charge in [0, 0.05) is 118 Å². The van der Waals surface area contributed by atoms with Gasteiger partial charge in [0.15, 0.2) is 0 Å². The van der Waals surface area contributed by atoms with Crippen molar-refractivity contribution in [2.24, 2.45) is 47.3 Å². The van der Waals surface area contributed by atoms with E-state index in [-0.39, 0.29) is 140 Å². The largest absolute Gasteiger partial charge is 0.496 e. The minimum atomic E-state index is -1.30. The van der Waals surface area contributed by atoms with E-state index in [2.05, 4.69) is 42.5 Å². The average Bonchev–Trinajstić information content (AvgIpc) is 0.743. The number of ether oxygens (including phenoxy) is 12. The van der Waals surface area contributed by atoms with E-state index in [9.17, 15) is 38.4 Å². The van der Waals surface area contributed by atoms with E-state index < -0.39 is 192 Å². The molecule has 0 saturated heterocycles. The van der Waals surface area contributed by atoms with Crippen molar-refractivity contribution >= 4 is 71.1 Å². The van der Waals surface area contributed by atoms with Crippen molar-refractivity contribution < 1.29 is 114 Å². The van der Waals surface area contributed by atoms with Crippen LogP contribution < -0.4 is 80.4 Å². The number of nitrogens with one attached hydrogen (secondary N) is 8. The van der Waals surface area contributed by atoms with Crippen LogP contribution in [0.4, 0.5) is 0 Å². The molecule has 0 saturated carbocycles. The Bertz CT molecular complexity index is 3720. The van der Waals surface area contributed by atoms with Crippen molar-refractivity contribution in [3.8, 4) is 46.0 Å². The van der Waals surface area contributed by atoms with Crippen LogP contribution in [0.25, 0.3) is 0 Å². The molecule has 688 valence electrons. The Balaban J connectivity index is 2.16. The second kappa shape index (κ2) is 48.3. The molecular weight excluding hydrogens is 1600 g/mol. The molecule has 1 aliphatic rings. The lowest BCUT2D eigenvalue weighted by Gasteiger charge is -2.32. The number of esters is 4. The molecule has 4 aromatic carbocycles. The molecule has 32 heteroatoms. The van der Waals surface area contributed by atoms with Crippen LogP contribution in [0.1, 0.15) is 230 Å². The van der Waals surface area contributed by atoms with Crippen LogP contribution in [0.15, 0.2) is 48.5 Å². The third kappa shape index (κ3) is 27.5. The summed E-state index contributed by atoms with van der Waals surface area (Å²) in [4.78, 5) is 176. The molecular formula is C92H136N8O24. The monoisotopic (exact) mass is 1740 g/mol. The molecule has 4 aromatic rings. The van der Waals surface area contributed by atoms with Crippen molar-refractivity contribution in [2.45, 2.75) is 234 Å². The Morgan fingerprint density at radius 1 is 0.234 bits per heavy atom. The first-order chi connectivity index (χ1) is 58.5. The Kier molecular flexibility index (Phi) is 40.3. The average molecular weight is 1740 g/mol. The summed E-state index contributed by atoms with van der Waals surface area (Å²) in [5, 5.41) is 23.2. The number of amides is 8. The molecule has 0 spiro atoms. The molecule has 8 bridgehead atoms. The highest BCUT2D eigenvalue weighted by molar-refractivity contribution is 5.95. The maximum Gasteiger partial charge on any atom is 0.328 e. The third-order valence-corrected chi connectivity index (χ3v) is 22.0. The predicted molar refractivity (Wildman–Crippen MR) is 465 cm³/mol. The molecule has 0 heterocycles. The Morgan fingerprint density at radius 3 is 0.492 bits per heavy atom. The molecule has 0 radical (unpaired) electrons. The van der Waals surface area contributed by atoms with E-state index in [1.807, 2.05) is 55.4 Å². The molecule has 124 heavy (non-hydrogen) atoms. The lowest BCUT2D eigenvalue weighted by atomic mass is 9.77. The van der Waals surface area contributed by atoms with Crippen LogP contribution in [0.2, 0.25) is 0 Å². The Morgan fingerprint density at radius 2 is 0.379 bits per heavy atom. The van der Waals surface area contributed by atoms with Gasteiger partial charge in [-0.3, -0.25) is 38.4 Å². The molecule has 0 aliphatic heterocycles. The van der Waals surface area contributed by atoms with Crippen LogP contribution in [-0.4, -0.2) is 205 Å². The van der Waals surface area contributed by atoms with Crippen LogP contribution in [0, 0.1) is 47.3 Å². The number of benzene rings is 4. The number of methoxy groups -OCH3 is 12. The molecule has 8 unspecified atom stereocenters. The normalized spacial score (nSPS) is 16.2. The van der Waals surface area contributed by atoms with Crippen LogP contribution in [-0.2, 0) is 76.5 Å². The van der Waals surface area contributed by atoms with E-state index in [4.69, 9.17) is 56.8 Å². The number of fused-ring (bicyclic) bond motifs is 8. The van der Waals surface area contributed by atoms with Gasteiger partial charge in [0.25, 0.3) is 0 Å². The number of carbonyl (C=O) groups excluding carboxylic acids is 12. The summed E-state index contributed by atoms with van der Waals surface area (Å²) in [6.07, 6.45) is -1.47. The maximum atomic E-state index is 15.9. The highest BCUT2D eigenvalue weighted by Gasteiger charge is 2.42. The molecule has 0 fully saturated rings. The fraction of sp³-hybridized carbons (Fsp3) is 0.609. The van der Waals surface area contributed by atoms with Gasteiger partial charge in [-0.15, -0.1) is 0 Å². The number of hydrogen-bond acceptors (Lipinski definition) is 24. The third-order valence-electron chi connectivity index (χ3n) is 22.0. The summed E-state index contributed by atoms with van der Waals surface area (Å²) in [5.41, 5.74) is 1.72. The van der Waals surface area contributed by atoms with Gasteiger partial charge in [-0.25, -0.2) is 19.2 Å². The maximum absolute atomic E-state index is 15.9. The molecule has 32 nitrogen and oxygen atoms in total. The van der Waals surface area contributed by atoms with Crippen LogP contribution in [0.3, 0.4) is 0 Å². The fourth-order valence-electron chi connectivity index (χ4n) is 15.7. The summed E-state index contributed by atoms with van der Waals surface area (Å²) >= 11 is 0. The van der Waals surface area contributed by atoms with Crippen molar-refractivity contribution in [1.29, 1.82) is 0 Å². The van der Waals surface area contributed by atoms with E-state index in [0.717, 1.165) is 0 Å². The van der Waals surface area contributed by atoms with Gasteiger partial charge in [0.1, 0.15) is 94.3 Å². The standard InChI is InChI=1S/C92H136N8O24/c1-45(2)29-65(89(109)121-25)93-85(105)81(49(9)10)97-77(101)37-53-57-33-59(71(115-19)41-69(57)113-17)54(38-78(102)98-82(50(11)12)86(106)94-66(30-46(3)4)90(110)122-26)61-35-63(75(119-23)43-73(61)117-21)56(40-80(104)100-84(52(15)16)88(108)96-68(32-48(7)8)92(112)124-28)64-36-62(74(118-22)44-76(64)120-24)55(60-34-58(53)70(114-18)42-72(60)116-20)39-79(103)99-83(51(13)14)87(107)95-67(31-47(5)6)91(111)123-27/h33-36,41-56,65-68,81-84H,29-32,37-40H2,1-28H3,(H,93,105)(H,94,106)(H,95,107)(H,96,108)(H,97,101)(H,98,102)(H,99,103)(H,100,104). The van der Waals surface area contributed by atoms with Gasteiger partial charge in [-0.2, -0.15) is 0 Å². The van der Waals surface area contributed by atoms with Gasteiger partial charge in [0.2, 0.25) is 47.3 Å². The molecule has 8 atom stereocenters. The van der Waals surface area contributed by atoms with Crippen LogP contribution in [0.5, 0.6) is 46.0 Å². The smallest absolute Gasteiger partial charge is 0.328 e. The highest BCUT2D eigenvalue weighted by Crippen LogP contribution is 2.53. The Hall–Kier alpha value is -11.1. The fourth-order valence-corrected chi connectivity index (χ4v) is 15.7. The SMILES string of the molecule is COC(=O)C(CC(C)C)NC(=O)C(NC(=O)CC1c2cc(c(OC)cc2OC)C(CC(=O)NC(C(=O)NC(CC(C)C)C(=O)OC)C(C)C)c2cc(c(OC)cc2OC)C(CC(=O)NC(C(=O)NC(CC(C)C)C(=O)OC)C(C)C)c2cc(c(OC)cc2OC)C(CC(=O)NC(C(=O)NC(CC(C)C)C(=O)OC)C(C)C)c2cc1c(OC)cc2OC)C(C)C. The van der Waals surface area contributed by atoms with Gasteiger partial charge in [-0.05, 0) is 97.3 Å². The van der Waals surface area contributed by atoms with E-state index in [1.54, 1.807) is 104 Å². The first-order valence-corrected chi connectivity index (χ1v) is 42.2. The quantitative estimate of drug-likeness (QED) is 0.0151. The van der Waals surface area contributed by atoms with Crippen molar-refractivity contribution in [3.05, 3.63) is 93.0 Å². The summed E-state index contributed by atoms with van der Waals surface area (Å²) in [6.45, 7) is 28.7. The zero-order valence-electron chi connectivity index (χ0n) is 77.6. The van der Waals surface area contributed by atoms with Gasteiger partial charge in [0.05, 0.1) is 85.3 Å². The van der Waals surface area contributed by atoms with Crippen LogP contribution >= 0.6 is 0 Å². The van der Waals surface area contributed by atoms with E-state index in [1.165, 1.54) is 85.3 Å². The number of hydrogen-bond donors (Lipinski definition) is 8. The predicted octanol–water partition coefficient (Wildman–Crippen LogP) is 9.54. The molecule has 5 rings (SSSR count). The van der Waals surface area contributed by atoms with Gasteiger partial charge >= 0.3 is 23.9 Å². The van der Waals surface area contributed by atoms with E-state index in [0.29, 0.717) is 0 Å². The molecule has 1 aliphatic carbocycles. The molecule has 0 aromatic heterocycles. The van der Waals surface area contributed by atoms with Gasteiger partial charge in [-0.1, -0.05) is 111 Å². The Labute approximate surface area is 730 Å². The van der Waals surface area contributed by atoms with E-state index >= 15 is 19.2 Å². The van der Waals surface area contributed by atoms with Gasteiger partial charge < -0.3 is 99.4 Å². The molecule has 8 amide bonds. The minimum Gasteiger partial charge on any atom is -0.496 e. The topological polar surface area (TPSA) is 412 Å². The first kappa shape index (κ1) is 103. The second-order valence-electron chi connectivity index (χ2n) is 34.4. The summed E-state index contributed by atoms with van der Waals surface area (Å²) in [6, 6.07) is 3.42. The molecule has 8 N–H and O–H groups in total. The van der Waals surface area contributed by atoms with Crippen molar-refractivity contribution in [1.82, 2.24) is 42.5 Å². The number of carbonyl (C=O) groups is 12. The lowest BCUT2D eigenvalue weighted by Crippen LogP contribution is -2.54. The number of rotatable bonds is 44. The minimum absolute atomic E-state index is 0.0839. The lowest BCUT2D eigenvalue weighted by molar-refractivity contribution is -0.146. The summed E-state index contributed by atoms with van der Waals surface area (Å²) < 4.78 is 71.8.